The number of fused-ring (bicyclic) bond motifs is 1. The molecule has 4 nitrogen and oxygen atoms in total. The Balaban J connectivity index is 1.84. The fourth-order valence-corrected chi connectivity index (χ4v) is 3.78. The lowest BCUT2D eigenvalue weighted by Gasteiger charge is -2.11. The van der Waals surface area contributed by atoms with E-state index in [-0.39, 0.29) is 0 Å². The SMILES string of the molecule is CCSc1cc(C(F)(F)F)cnc1-c1nc2cc(C3CC3)cnc2n1C. The number of aromatic nitrogens is 4. The van der Waals surface area contributed by atoms with Gasteiger partial charge in [-0.3, -0.25) is 4.98 Å². The molecule has 3 aromatic rings. The zero-order chi connectivity index (χ0) is 18.5. The molecule has 26 heavy (non-hydrogen) atoms. The van der Waals surface area contributed by atoms with Crippen LogP contribution in [0.3, 0.4) is 0 Å². The summed E-state index contributed by atoms with van der Waals surface area (Å²) in [5, 5.41) is 0. The Hall–Kier alpha value is -2.09. The summed E-state index contributed by atoms with van der Waals surface area (Å²) < 4.78 is 40.9. The van der Waals surface area contributed by atoms with E-state index in [4.69, 9.17) is 0 Å². The number of thioether (sulfide) groups is 1. The van der Waals surface area contributed by atoms with E-state index in [1.165, 1.54) is 30.2 Å². The summed E-state index contributed by atoms with van der Waals surface area (Å²) in [6, 6.07) is 3.18. The van der Waals surface area contributed by atoms with Crippen molar-refractivity contribution >= 4 is 22.9 Å². The van der Waals surface area contributed by atoms with Crippen LogP contribution in [-0.2, 0) is 13.2 Å². The first-order chi connectivity index (χ1) is 12.4. The number of imidazole rings is 1. The molecule has 0 unspecified atom stereocenters. The summed E-state index contributed by atoms with van der Waals surface area (Å²) >= 11 is 1.33. The van der Waals surface area contributed by atoms with Crippen LogP contribution in [0.25, 0.3) is 22.7 Å². The number of aryl methyl sites for hydroxylation is 1. The Morgan fingerprint density at radius 2 is 1.96 bits per heavy atom. The molecule has 1 saturated carbocycles. The van der Waals surface area contributed by atoms with Crippen molar-refractivity contribution in [3.63, 3.8) is 0 Å². The van der Waals surface area contributed by atoms with Crippen molar-refractivity contribution in [1.82, 2.24) is 19.5 Å². The first-order valence-corrected chi connectivity index (χ1v) is 9.39. The number of pyridine rings is 2. The van der Waals surface area contributed by atoms with Gasteiger partial charge in [0, 0.05) is 24.3 Å². The van der Waals surface area contributed by atoms with Gasteiger partial charge in [-0.25, -0.2) is 9.97 Å². The zero-order valence-corrected chi connectivity index (χ0v) is 15.2. The highest BCUT2D eigenvalue weighted by molar-refractivity contribution is 7.99. The van der Waals surface area contributed by atoms with Gasteiger partial charge in [0.1, 0.15) is 11.2 Å². The van der Waals surface area contributed by atoms with Gasteiger partial charge in [-0.15, -0.1) is 11.8 Å². The average Bonchev–Trinajstić information content (AvgIpc) is 3.39. The molecule has 0 bridgehead atoms. The lowest BCUT2D eigenvalue weighted by atomic mass is 10.2. The van der Waals surface area contributed by atoms with E-state index >= 15 is 0 Å². The van der Waals surface area contributed by atoms with E-state index in [2.05, 4.69) is 15.0 Å². The smallest absolute Gasteiger partial charge is 0.310 e. The van der Waals surface area contributed by atoms with Gasteiger partial charge in [0.25, 0.3) is 0 Å². The lowest BCUT2D eigenvalue weighted by molar-refractivity contribution is -0.138. The number of hydrogen-bond acceptors (Lipinski definition) is 4. The van der Waals surface area contributed by atoms with Gasteiger partial charge in [0.2, 0.25) is 0 Å². The monoisotopic (exact) mass is 378 g/mol. The molecule has 0 aromatic carbocycles. The normalized spacial score (nSPS) is 15.0. The molecule has 0 radical (unpaired) electrons. The Labute approximate surface area is 152 Å². The van der Waals surface area contributed by atoms with Crippen molar-refractivity contribution < 1.29 is 13.2 Å². The van der Waals surface area contributed by atoms with E-state index in [9.17, 15) is 13.2 Å². The average molecular weight is 378 g/mol. The molecule has 0 spiro atoms. The van der Waals surface area contributed by atoms with Crippen molar-refractivity contribution in [3.05, 3.63) is 35.7 Å². The minimum Gasteiger partial charge on any atom is -0.310 e. The summed E-state index contributed by atoms with van der Waals surface area (Å²) in [6.45, 7) is 1.90. The Bertz CT molecular complexity index is 976. The van der Waals surface area contributed by atoms with Crippen LogP contribution in [0.1, 0.15) is 36.8 Å². The van der Waals surface area contributed by atoms with Crippen molar-refractivity contribution in [1.29, 1.82) is 0 Å². The van der Waals surface area contributed by atoms with Crippen LogP contribution in [0, 0.1) is 0 Å². The third-order valence-corrected chi connectivity index (χ3v) is 5.38. The van der Waals surface area contributed by atoms with Crippen molar-refractivity contribution in [2.45, 2.75) is 36.8 Å². The minimum atomic E-state index is -4.42. The molecule has 1 aliphatic rings. The van der Waals surface area contributed by atoms with E-state index in [1.807, 2.05) is 26.2 Å². The summed E-state index contributed by atoms with van der Waals surface area (Å²) in [5.74, 6) is 1.74. The van der Waals surface area contributed by atoms with Crippen LogP contribution in [0.15, 0.2) is 29.4 Å². The molecule has 1 fully saturated rings. The summed E-state index contributed by atoms with van der Waals surface area (Å²) in [7, 11) is 1.81. The highest BCUT2D eigenvalue weighted by atomic mass is 32.2. The van der Waals surface area contributed by atoms with Gasteiger partial charge in [0.05, 0.1) is 5.56 Å². The Kier molecular flexibility index (Phi) is 4.17. The maximum atomic E-state index is 13.0. The Morgan fingerprint density at radius 1 is 1.19 bits per heavy atom. The second-order valence-corrected chi connectivity index (χ2v) is 7.69. The maximum Gasteiger partial charge on any atom is 0.417 e. The molecular formula is C18H17F3N4S. The van der Waals surface area contributed by atoms with E-state index in [0.717, 1.165) is 17.8 Å². The maximum absolute atomic E-state index is 13.0. The molecule has 8 heteroatoms. The fourth-order valence-electron chi connectivity index (χ4n) is 2.98. The molecule has 3 heterocycles. The lowest BCUT2D eigenvalue weighted by Crippen LogP contribution is -2.07. The Morgan fingerprint density at radius 3 is 2.62 bits per heavy atom. The van der Waals surface area contributed by atoms with Crippen molar-refractivity contribution in [3.8, 4) is 11.5 Å². The summed E-state index contributed by atoms with van der Waals surface area (Å²) in [4.78, 5) is 13.7. The predicted octanol–water partition coefficient (Wildman–Crippen LogP) is 5.04. The first-order valence-electron chi connectivity index (χ1n) is 8.41. The van der Waals surface area contributed by atoms with Gasteiger partial charge in [-0.2, -0.15) is 13.2 Å². The van der Waals surface area contributed by atoms with Crippen LogP contribution < -0.4 is 0 Å². The van der Waals surface area contributed by atoms with Crippen LogP contribution in [-0.4, -0.2) is 25.3 Å². The minimum absolute atomic E-state index is 0.457. The first kappa shape index (κ1) is 17.3. The van der Waals surface area contributed by atoms with Crippen LogP contribution in [0.2, 0.25) is 0 Å². The molecule has 0 amide bonds. The van der Waals surface area contributed by atoms with Crippen molar-refractivity contribution in [2.75, 3.05) is 5.75 Å². The molecule has 4 rings (SSSR count). The predicted molar refractivity (Wildman–Crippen MR) is 95.1 cm³/mol. The number of nitrogens with zero attached hydrogens (tertiary/aromatic N) is 4. The number of alkyl halides is 3. The topological polar surface area (TPSA) is 43.6 Å². The van der Waals surface area contributed by atoms with Gasteiger partial charge in [-0.05, 0) is 42.2 Å². The highest BCUT2D eigenvalue weighted by Gasteiger charge is 2.32. The number of rotatable bonds is 4. The molecule has 0 saturated heterocycles. The van der Waals surface area contributed by atoms with Gasteiger partial charge in [0.15, 0.2) is 11.5 Å². The van der Waals surface area contributed by atoms with Crippen LogP contribution in [0.5, 0.6) is 0 Å². The quantitative estimate of drug-likeness (QED) is 0.597. The summed E-state index contributed by atoms with van der Waals surface area (Å²) in [6.07, 6.45) is 0.668. The van der Waals surface area contributed by atoms with E-state index in [1.54, 1.807) is 4.57 Å². The largest absolute Gasteiger partial charge is 0.417 e. The molecule has 0 aliphatic heterocycles. The standard InChI is InChI=1S/C18H17F3N4S/c1-3-26-14-7-12(18(19,20)21)9-22-15(14)17-24-13-6-11(10-4-5-10)8-23-16(13)25(17)2/h6-10H,3-5H2,1-2H3. The number of hydrogen-bond donors (Lipinski definition) is 0. The molecule has 0 atom stereocenters. The van der Waals surface area contributed by atoms with Crippen LogP contribution >= 0.6 is 11.8 Å². The molecule has 136 valence electrons. The third-order valence-electron chi connectivity index (χ3n) is 4.47. The van der Waals surface area contributed by atoms with Crippen molar-refractivity contribution in [2.24, 2.45) is 7.05 Å². The van der Waals surface area contributed by atoms with E-state index in [0.29, 0.717) is 33.7 Å². The number of halogens is 3. The second-order valence-electron chi connectivity index (χ2n) is 6.38. The molecule has 1 aliphatic carbocycles. The van der Waals surface area contributed by atoms with E-state index < -0.39 is 11.7 Å². The second kappa shape index (κ2) is 6.26. The van der Waals surface area contributed by atoms with Crippen LogP contribution in [0.4, 0.5) is 13.2 Å². The zero-order valence-electron chi connectivity index (χ0n) is 14.3. The van der Waals surface area contributed by atoms with Gasteiger partial charge < -0.3 is 4.57 Å². The van der Waals surface area contributed by atoms with Gasteiger partial charge >= 0.3 is 6.18 Å². The molecular weight excluding hydrogens is 361 g/mol. The highest BCUT2D eigenvalue weighted by Crippen LogP contribution is 2.41. The fraction of sp³-hybridized carbons (Fsp3) is 0.389. The molecule has 3 aromatic heterocycles. The summed E-state index contributed by atoms with van der Waals surface area (Å²) in [5.41, 5.74) is 2.34. The molecule has 0 N–H and O–H groups in total. The van der Waals surface area contributed by atoms with Gasteiger partial charge in [-0.1, -0.05) is 6.92 Å². The third kappa shape index (κ3) is 3.06.